The van der Waals surface area contributed by atoms with Gasteiger partial charge in [-0.05, 0) is 48.4 Å². The van der Waals surface area contributed by atoms with Gasteiger partial charge in [-0.3, -0.25) is 4.79 Å². The molecule has 0 fully saturated rings. The van der Waals surface area contributed by atoms with Crippen molar-refractivity contribution in [2.45, 2.75) is 6.42 Å². The Bertz CT molecular complexity index is 700. The molecule has 0 spiro atoms. The van der Waals surface area contributed by atoms with Crippen LogP contribution in [0.5, 0.6) is 5.75 Å². The van der Waals surface area contributed by atoms with E-state index < -0.39 is 0 Å². The van der Waals surface area contributed by atoms with Crippen molar-refractivity contribution in [2.75, 3.05) is 17.2 Å². The first kappa shape index (κ1) is 12.8. The van der Waals surface area contributed by atoms with Crippen molar-refractivity contribution in [3.63, 3.8) is 0 Å². The van der Waals surface area contributed by atoms with Crippen molar-refractivity contribution in [3.05, 3.63) is 52.5 Å². The predicted octanol–water partition coefficient (Wildman–Crippen LogP) is 2.83. The first-order chi connectivity index (χ1) is 9.56. The van der Waals surface area contributed by atoms with Crippen LogP contribution >= 0.6 is 11.6 Å². The molecule has 1 amide bonds. The van der Waals surface area contributed by atoms with Crippen LogP contribution < -0.4 is 10.6 Å². The summed E-state index contributed by atoms with van der Waals surface area (Å²) in [7, 11) is 0. The number of fused-ring (bicyclic) bond motifs is 1. The quantitative estimate of drug-likeness (QED) is 0.793. The van der Waals surface area contributed by atoms with Gasteiger partial charge in [0, 0.05) is 23.5 Å². The summed E-state index contributed by atoms with van der Waals surface area (Å²) < 4.78 is 0. The molecule has 3 N–H and O–H groups in total. The number of nitrogens with two attached hydrogens (primary N) is 1. The molecule has 0 aromatic heterocycles. The molecule has 0 saturated carbocycles. The van der Waals surface area contributed by atoms with Crippen LogP contribution in [0, 0.1) is 0 Å². The number of rotatable bonds is 1. The van der Waals surface area contributed by atoms with Crippen LogP contribution in [0.15, 0.2) is 36.4 Å². The molecular weight excluding hydrogens is 276 g/mol. The first-order valence-electron chi connectivity index (χ1n) is 6.25. The lowest BCUT2D eigenvalue weighted by molar-refractivity contribution is 0.0989. The molecule has 0 saturated heterocycles. The zero-order valence-electron chi connectivity index (χ0n) is 10.6. The number of benzene rings is 2. The van der Waals surface area contributed by atoms with Crippen LogP contribution in [-0.4, -0.2) is 17.6 Å². The van der Waals surface area contributed by atoms with Crippen molar-refractivity contribution < 1.29 is 9.90 Å². The van der Waals surface area contributed by atoms with Crippen molar-refractivity contribution in [1.29, 1.82) is 0 Å². The maximum atomic E-state index is 12.5. The van der Waals surface area contributed by atoms with Crippen LogP contribution in [0.2, 0.25) is 5.02 Å². The maximum absolute atomic E-state index is 12.5. The summed E-state index contributed by atoms with van der Waals surface area (Å²) >= 11 is 5.85. The fourth-order valence-corrected chi connectivity index (χ4v) is 2.61. The van der Waals surface area contributed by atoms with Crippen molar-refractivity contribution in [2.24, 2.45) is 0 Å². The summed E-state index contributed by atoms with van der Waals surface area (Å²) in [5.41, 5.74) is 8.86. The fourth-order valence-electron chi connectivity index (χ4n) is 2.43. The third kappa shape index (κ3) is 2.08. The van der Waals surface area contributed by atoms with Gasteiger partial charge < -0.3 is 15.7 Å². The summed E-state index contributed by atoms with van der Waals surface area (Å²) in [4.78, 5) is 14.2. The minimum Gasteiger partial charge on any atom is -0.506 e. The van der Waals surface area contributed by atoms with Crippen LogP contribution in [0.25, 0.3) is 0 Å². The Balaban J connectivity index is 1.95. The minimum atomic E-state index is -0.129. The monoisotopic (exact) mass is 288 g/mol. The fraction of sp³-hybridized carbons (Fsp3) is 0.133. The highest BCUT2D eigenvalue weighted by molar-refractivity contribution is 6.32. The van der Waals surface area contributed by atoms with E-state index in [1.165, 1.54) is 12.1 Å². The molecule has 1 aliphatic heterocycles. The number of anilines is 2. The highest BCUT2D eigenvalue weighted by Crippen LogP contribution is 2.32. The van der Waals surface area contributed by atoms with Crippen molar-refractivity contribution in [3.8, 4) is 5.75 Å². The van der Waals surface area contributed by atoms with Gasteiger partial charge in [0.15, 0.2) is 0 Å². The lowest BCUT2D eigenvalue weighted by Crippen LogP contribution is -2.28. The molecule has 1 heterocycles. The van der Waals surface area contributed by atoms with Gasteiger partial charge in [-0.15, -0.1) is 0 Å². The minimum absolute atomic E-state index is 0.0298. The van der Waals surface area contributed by atoms with Crippen LogP contribution in [0.3, 0.4) is 0 Å². The summed E-state index contributed by atoms with van der Waals surface area (Å²) in [5.74, 6) is -0.159. The average Bonchev–Trinajstić information content (AvgIpc) is 2.84. The molecular formula is C15H13ClN2O2. The largest absolute Gasteiger partial charge is 0.506 e. The van der Waals surface area contributed by atoms with Crippen LogP contribution in [-0.2, 0) is 6.42 Å². The Morgan fingerprint density at radius 1 is 1.25 bits per heavy atom. The van der Waals surface area contributed by atoms with Gasteiger partial charge in [0.25, 0.3) is 5.91 Å². The number of hydrogen-bond acceptors (Lipinski definition) is 3. The molecule has 20 heavy (non-hydrogen) atoms. The summed E-state index contributed by atoms with van der Waals surface area (Å²) in [5, 5.41) is 9.58. The molecule has 1 aliphatic rings. The number of carbonyl (C=O) groups is 1. The Hall–Kier alpha value is -2.20. The molecule has 0 atom stereocenters. The highest BCUT2D eigenvalue weighted by atomic mass is 35.5. The first-order valence-corrected chi connectivity index (χ1v) is 6.63. The Morgan fingerprint density at radius 3 is 2.80 bits per heavy atom. The number of carbonyl (C=O) groups excluding carboxylic acids is 1. The molecule has 5 heteroatoms. The van der Waals surface area contributed by atoms with Gasteiger partial charge in [0.2, 0.25) is 0 Å². The molecule has 0 radical (unpaired) electrons. The number of amides is 1. The van der Waals surface area contributed by atoms with E-state index in [9.17, 15) is 9.90 Å². The second-order valence-electron chi connectivity index (χ2n) is 4.76. The summed E-state index contributed by atoms with van der Waals surface area (Å²) in [6.07, 6.45) is 0.790. The number of phenolic OH excluding ortho intramolecular Hbond substituents is 1. The zero-order valence-corrected chi connectivity index (χ0v) is 11.4. The molecule has 2 aromatic rings. The Labute approximate surface area is 121 Å². The van der Waals surface area contributed by atoms with Gasteiger partial charge >= 0.3 is 0 Å². The van der Waals surface area contributed by atoms with Gasteiger partial charge in [-0.2, -0.15) is 0 Å². The van der Waals surface area contributed by atoms with E-state index in [4.69, 9.17) is 17.3 Å². The normalized spacial score (nSPS) is 13.3. The van der Waals surface area contributed by atoms with Gasteiger partial charge in [-0.1, -0.05) is 11.6 Å². The topological polar surface area (TPSA) is 66.6 Å². The molecule has 0 bridgehead atoms. The number of aromatic hydroxyl groups is 1. The number of nitrogen functional groups attached to an aromatic ring is 1. The molecule has 0 aliphatic carbocycles. The number of phenols is 1. The van der Waals surface area contributed by atoms with Crippen molar-refractivity contribution in [1.82, 2.24) is 0 Å². The zero-order chi connectivity index (χ0) is 14.3. The van der Waals surface area contributed by atoms with E-state index in [2.05, 4.69) is 0 Å². The van der Waals surface area contributed by atoms with E-state index in [-0.39, 0.29) is 16.7 Å². The maximum Gasteiger partial charge on any atom is 0.258 e. The van der Waals surface area contributed by atoms with Crippen molar-refractivity contribution >= 4 is 28.9 Å². The second-order valence-corrected chi connectivity index (χ2v) is 5.17. The van der Waals surface area contributed by atoms with Gasteiger partial charge in [-0.25, -0.2) is 0 Å². The third-order valence-electron chi connectivity index (χ3n) is 3.44. The summed E-state index contributed by atoms with van der Waals surface area (Å²) in [6.45, 7) is 0.621. The Kier molecular flexibility index (Phi) is 3.03. The lowest BCUT2D eigenvalue weighted by Gasteiger charge is -2.17. The highest BCUT2D eigenvalue weighted by Gasteiger charge is 2.25. The van der Waals surface area contributed by atoms with Gasteiger partial charge in [0.05, 0.1) is 5.02 Å². The van der Waals surface area contributed by atoms with Crippen LogP contribution in [0.4, 0.5) is 11.4 Å². The average molecular weight is 289 g/mol. The van der Waals surface area contributed by atoms with E-state index in [1.54, 1.807) is 17.0 Å². The number of nitrogens with zero attached hydrogens (tertiary/aromatic N) is 1. The number of halogens is 1. The molecule has 0 unspecified atom stereocenters. The molecule has 4 nitrogen and oxygen atoms in total. The smallest absolute Gasteiger partial charge is 0.258 e. The number of hydrogen-bond donors (Lipinski definition) is 2. The van der Waals surface area contributed by atoms with Crippen LogP contribution in [0.1, 0.15) is 15.9 Å². The molecule has 102 valence electrons. The molecule has 3 rings (SSSR count). The standard InChI is InChI=1S/C15H13ClN2O2/c16-12-8-10(1-4-14(12)19)15(20)18-6-5-9-7-11(17)2-3-13(9)18/h1-4,7-8,19H,5-6,17H2. The third-order valence-corrected chi connectivity index (χ3v) is 3.74. The van der Waals surface area contributed by atoms with E-state index >= 15 is 0 Å². The summed E-state index contributed by atoms with van der Waals surface area (Å²) in [6, 6.07) is 10.0. The Morgan fingerprint density at radius 2 is 2.05 bits per heavy atom. The SMILES string of the molecule is Nc1ccc2c(c1)CCN2C(=O)c1ccc(O)c(Cl)c1. The lowest BCUT2D eigenvalue weighted by atomic mass is 10.1. The van der Waals surface area contributed by atoms with E-state index in [0.717, 1.165) is 17.7 Å². The van der Waals surface area contributed by atoms with E-state index in [1.807, 2.05) is 12.1 Å². The van der Waals surface area contributed by atoms with E-state index in [0.29, 0.717) is 17.8 Å². The second kappa shape index (κ2) is 4.72. The molecule has 2 aromatic carbocycles. The van der Waals surface area contributed by atoms with Gasteiger partial charge in [0.1, 0.15) is 5.75 Å². The predicted molar refractivity (Wildman–Crippen MR) is 79.4 cm³/mol.